The quantitative estimate of drug-likeness (QED) is 0.810. The lowest BCUT2D eigenvalue weighted by atomic mass is 10.2. The molecule has 1 aromatic carbocycles. The van der Waals surface area contributed by atoms with Gasteiger partial charge in [-0.3, -0.25) is 0 Å². The van der Waals surface area contributed by atoms with Crippen molar-refractivity contribution in [2.24, 2.45) is 0 Å². The van der Waals surface area contributed by atoms with Gasteiger partial charge in [0.1, 0.15) is 5.82 Å². The van der Waals surface area contributed by atoms with Crippen molar-refractivity contribution in [1.82, 2.24) is 9.97 Å². The molecular weight excluding hydrogens is 284 g/mol. The number of benzene rings is 1. The van der Waals surface area contributed by atoms with Crippen molar-refractivity contribution in [3.05, 3.63) is 40.9 Å². The summed E-state index contributed by atoms with van der Waals surface area (Å²) in [6, 6.07) is 8.29. The van der Waals surface area contributed by atoms with Crippen LogP contribution in [-0.2, 0) is 13.0 Å². The van der Waals surface area contributed by atoms with E-state index in [4.69, 9.17) is 11.6 Å². The molecule has 114 valence electrons. The Morgan fingerprint density at radius 2 is 2.14 bits per heavy atom. The maximum Gasteiger partial charge on any atom is 0.152 e. The molecule has 2 rings (SSSR count). The van der Waals surface area contributed by atoms with Gasteiger partial charge in [0.15, 0.2) is 5.15 Å². The van der Waals surface area contributed by atoms with Crippen LogP contribution < -0.4 is 10.2 Å². The molecule has 0 aliphatic heterocycles. The van der Waals surface area contributed by atoms with E-state index in [0.717, 1.165) is 36.5 Å². The second-order valence-corrected chi connectivity index (χ2v) is 5.71. The predicted molar refractivity (Wildman–Crippen MR) is 90.3 cm³/mol. The molecule has 4 nitrogen and oxygen atoms in total. The molecule has 1 aromatic heterocycles. The second kappa shape index (κ2) is 7.36. The summed E-state index contributed by atoms with van der Waals surface area (Å²) >= 11 is 6.18. The Hall–Kier alpha value is -1.68. The summed E-state index contributed by atoms with van der Waals surface area (Å²) in [5, 5.41) is 3.95. The van der Waals surface area contributed by atoms with Crippen molar-refractivity contribution in [3.8, 4) is 0 Å². The van der Waals surface area contributed by atoms with Gasteiger partial charge in [0.2, 0.25) is 0 Å². The highest BCUT2D eigenvalue weighted by atomic mass is 35.5. The number of halogens is 1. The highest BCUT2D eigenvalue weighted by Gasteiger charge is 2.08. The highest BCUT2D eigenvalue weighted by molar-refractivity contribution is 6.30. The maximum absolute atomic E-state index is 6.18. The normalized spacial score (nSPS) is 10.7. The molecule has 0 spiro atoms. The van der Waals surface area contributed by atoms with Gasteiger partial charge >= 0.3 is 0 Å². The molecule has 0 saturated heterocycles. The largest absolute Gasteiger partial charge is 0.379 e. The number of H-pyrrole nitrogens is 1. The van der Waals surface area contributed by atoms with Gasteiger partial charge in [0.25, 0.3) is 0 Å². The van der Waals surface area contributed by atoms with Crippen molar-refractivity contribution < 1.29 is 0 Å². The van der Waals surface area contributed by atoms with Crippen LogP contribution in [0.5, 0.6) is 0 Å². The number of aryl methyl sites for hydroxylation is 1. The van der Waals surface area contributed by atoms with Gasteiger partial charge in [0, 0.05) is 31.9 Å². The Labute approximate surface area is 131 Å². The molecule has 0 amide bonds. The molecule has 0 radical (unpaired) electrons. The number of hydrogen-bond acceptors (Lipinski definition) is 3. The van der Waals surface area contributed by atoms with E-state index in [2.05, 4.69) is 45.3 Å². The van der Waals surface area contributed by atoms with Crippen molar-refractivity contribution in [2.45, 2.75) is 32.7 Å². The van der Waals surface area contributed by atoms with Crippen molar-refractivity contribution in [1.29, 1.82) is 0 Å². The SMILES string of the molecule is CCCCc1nc(Cl)c(CNc2cccc(N(C)C)c2)[nH]1. The molecule has 2 aromatic rings. The Bertz CT molecular complexity index is 577. The Kier molecular flexibility index (Phi) is 5.51. The van der Waals surface area contributed by atoms with Gasteiger partial charge < -0.3 is 15.2 Å². The van der Waals surface area contributed by atoms with Gasteiger partial charge in [-0.05, 0) is 24.6 Å². The standard InChI is InChI=1S/C16H23ClN4/c1-4-5-9-15-19-14(16(17)20-15)11-18-12-7-6-8-13(10-12)21(2)3/h6-8,10,18H,4-5,9,11H2,1-3H3,(H,19,20). The highest BCUT2D eigenvalue weighted by Crippen LogP contribution is 2.20. The lowest BCUT2D eigenvalue weighted by Gasteiger charge is -2.14. The number of rotatable bonds is 7. The first-order valence-electron chi connectivity index (χ1n) is 7.34. The molecule has 2 N–H and O–H groups in total. The molecule has 21 heavy (non-hydrogen) atoms. The van der Waals surface area contributed by atoms with Crippen LogP contribution in [0.25, 0.3) is 0 Å². The molecule has 1 heterocycles. The third-order valence-electron chi connectivity index (χ3n) is 3.38. The van der Waals surface area contributed by atoms with Crippen LogP contribution in [0.4, 0.5) is 11.4 Å². The van der Waals surface area contributed by atoms with Crippen LogP contribution in [0, 0.1) is 0 Å². The molecule has 0 fully saturated rings. The van der Waals surface area contributed by atoms with E-state index in [0.29, 0.717) is 11.7 Å². The number of nitrogens with one attached hydrogen (secondary N) is 2. The molecular formula is C16H23ClN4. The zero-order chi connectivity index (χ0) is 15.2. The van der Waals surface area contributed by atoms with Gasteiger partial charge in [-0.2, -0.15) is 0 Å². The molecule has 5 heteroatoms. The topological polar surface area (TPSA) is 44.0 Å². The van der Waals surface area contributed by atoms with E-state index in [-0.39, 0.29) is 0 Å². The number of nitrogens with zero attached hydrogens (tertiary/aromatic N) is 2. The van der Waals surface area contributed by atoms with Crippen LogP contribution >= 0.6 is 11.6 Å². The number of aromatic nitrogens is 2. The molecule has 0 atom stereocenters. The number of unbranched alkanes of at least 4 members (excludes halogenated alkanes) is 1. The Morgan fingerprint density at radius 3 is 2.86 bits per heavy atom. The minimum absolute atomic E-state index is 0.567. The van der Waals surface area contributed by atoms with Crippen LogP contribution in [0.1, 0.15) is 31.3 Å². The van der Waals surface area contributed by atoms with E-state index >= 15 is 0 Å². The summed E-state index contributed by atoms with van der Waals surface area (Å²) in [4.78, 5) is 9.76. The van der Waals surface area contributed by atoms with E-state index in [1.165, 1.54) is 5.69 Å². The first-order chi connectivity index (χ1) is 10.1. The minimum atomic E-state index is 0.567. The third kappa shape index (κ3) is 4.39. The Morgan fingerprint density at radius 1 is 1.33 bits per heavy atom. The predicted octanol–water partition coefficient (Wildman–Crippen LogP) is 4.08. The zero-order valence-electron chi connectivity index (χ0n) is 12.9. The van der Waals surface area contributed by atoms with Crippen molar-refractivity contribution in [2.75, 3.05) is 24.3 Å². The Balaban J connectivity index is 1.99. The number of imidazole rings is 1. The van der Waals surface area contributed by atoms with E-state index in [1.54, 1.807) is 0 Å². The fraction of sp³-hybridized carbons (Fsp3) is 0.438. The fourth-order valence-corrected chi connectivity index (χ4v) is 2.32. The van der Waals surface area contributed by atoms with Gasteiger partial charge in [-0.1, -0.05) is 31.0 Å². The van der Waals surface area contributed by atoms with Crippen molar-refractivity contribution >= 4 is 23.0 Å². The lowest BCUT2D eigenvalue weighted by molar-refractivity contribution is 0.760. The monoisotopic (exact) mass is 306 g/mol. The van der Waals surface area contributed by atoms with Gasteiger partial charge in [-0.25, -0.2) is 4.98 Å². The summed E-state index contributed by atoms with van der Waals surface area (Å²) in [6.07, 6.45) is 3.23. The molecule has 0 bridgehead atoms. The molecule has 0 saturated carbocycles. The summed E-state index contributed by atoms with van der Waals surface area (Å²) < 4.78 is 0. The average Bonchev–Trinajstić information content (AvgIpc) is 2.83. The summed E-state index contributed by atoms with van der Waals surface area (Å²) in [5.74, 6) is 0.973. The fourth-order valence-electron chi connectivity index (χ4n) is 2.10. The minimum Gasteiger partial charge on any atom is -0.379 e. The molecule has 0 aliphatic rings. The molecule has 0 unspecified atom stereocenters. The van der Waals surface area contributed by atoms with E-state index < -0.39 is 0 Å². The van der Waals surface area contributed by atoms with Crippen LogP contribution in [0.3, 0.4) is 0 Å². The summed E-state index contributed by atoms with van der Waals surface area (Å²) in [5.41, 5.74) is 3.18. The zero-order valence-corrected chi connectivity index (χ0v) is 13.7. The summed E-state index contributed by atoms with van der Waals surface area (Å²) in [6.45, 7) is 2.82. The smallest absolute Gasteiger partial charge is 0.152 e. The maximum atomic E-state index is 6.18. The van der Waals surface area contributed by atoms with Crippen LogP contribution in [0.2, 0.25) is 5.15 Å². The third-order valence-corrected chi connectivity index (χ3v) is 3.69. The first kappa shape index (κ1) is 15.7. The number of anilines is 2. The van der Waals surface area contributed by atoms with Crippen LogP contribution in [0.15, 0.2) is 24.3 Å². The van der Waals surface area contributed by atoms with Gasteiger partial charge in [0.05, 0.1) is 12.2 Å². The number of hydrogen-bond donors (Lipinski definition) is 2. The summed E-state index contributed by atoms with van der Waals surface area (Å²) in [7, 11) is 4.07. The van der Waals surface area contributed by atoms with Crippen LogP contribution in [-0.4, -0.2) is 24.1 Å². The molecule has 0 aliphatic carbocycles. The first-order valence-corrected chi connectivity index (χ1v) is 7.72. The van der Waals surface area contributed by atoms with E-state index in [1.807, 2.05) is 20.2 Å². The second-order valence-electron chi connectivity index (χ2n) is 5.35. The van der Waals surface area contributed by atoms with Crippen molar-refractivity contribution in [3.63, 3.8) is 0 Å². The average molecular weight is 307 g/mol. The lowest BCUT2D eigenvalue weighted by Crippen LogP contribution is -2.09. The number of aromatic amines is 1. The van der Waals surface area contributed by atoms with E-state index in [9.17, 15) is 0 Å². The van der Waals surface area contributed by atoms with Gasteiger partial charge in [-0.15, -0.1) is 0 Å².